The average Bonchev–Trinajstić information content (AvgIpc) is 2.64. The van der Waals surface area contributed by atoms with E-state index in [2.05, 4.69) is 5.32 Å². The molecule has 1 aliphatic rings. The topological polar surface area (TPSA) is 106 Å². The largest absolute Gasteiger partial charge is 0.444 e. The normalized spacial score (nSPS) is 18.5. The fraction of sp³-hybridized carbons (Fsp3) is 0.500. The summed E-state index contributed by atoms with van der Waals surface area (Å²) < 4.78 is 38.3. The molecule has 0 spiro atoms. The molecular formula is C20H26N2O6S. The smallest absolute Gasteiger partial charge is 0.407 e. The summed E-state index contributed by atoms with van der Waals surface area (Å²) >= 11 is 0. The lowest BCUT2D eigenvalue weighted by atomic mass is 10.1. The molecule has 1 saturated heterocycles. The summed E-state index contributed by atoms with van der Waals surface area (Å²) in [5.41, 5.74) is -0.779. The molecule has 3 rings (SSSR count). The Kier molecular flexibility index (Phi) is 6.00. The van der Waals surface area contributed by atoms with Gasteiger partial charge in [-0.05, 0) is 57.9 Å². The zero-order chi connectivity index (χ0) is 21.2. The Labute approximate surface area is 169 Å². The van der Waals surface area contributed by atoms with E-state index in [-0.39, 0.29) is 17.5 Å². The summed E-state index contributed by atoms with van der Waals surface area (Å²) in [6, 6.07) is 6.87. The third-order valence-corrected chi connectivity index (χ3v) is 6.60. The molecule has 1 amide bonds. The van der Waals surface area contributed by atoms with Gasteiger partial charge in [-0.25, -0.2) is 18.0 Å². The maximum atomic E-state index is 13.3. The quantitative estimate of drug-likeness (QED) is 0.760. The number of amides is 1. The second-order valence-corrected chi connectivity index (χ2v) is 9.99. The molecule has 1 N–H and O–H groups in total. The Morgan fingerprint density at radius 1 is 1.24 bits per heavy atom. The van der Waals surface area contributed by atoms with E-state index in [1.54, 1.807) is 20.8 Å². The lowest BCUT2D eigenvalue weighted by molar-refractivity contribution is 0.0512. The number of benzene rings is 1. The zero-order valence-corrected chi connectivity index (χ0v) is 17.6. The summed E-state index contributed by atoms with van der Waals surface area (Å²) in [5.74, 6) is 0. The van der Waals surface area contributed by atoms with Crippen molar-refractivity contribution in [1.29, 1.82) is 0 Å². The van der Waals surface area contributed by atoms with Crippen LogP contribution in [0.5, 0.6) is 0 Å². The van der Waals surface area contributed by atoms with Gasteiger partial charge in [0.25, 0.3) is 0 Å². The number of carbonyl (C=O) groups excluding carboxylic acids is 1. The van der Waals surface area contributed by atoms with Gasteiger partial charge >= 0.3 is 11.7 Å². The van der Waals surface area contributed by atoms with Crippen LogP contribution in [0.3, 0.4) is 0 Å². The van der Waals surface area contributed by atoms with Gasteiger partial charge in [-0.1, -0.05) is 6.42 Å². The van der Waals surface area contributed by atoms with Crippen LogP contribution in [0.25, 0.3) is 11.0 Å². The number of carbonyl (C=O) groups is 1. The van der Waals surface area contributed by atoms with Gasteiger partial charge in [-0.3, -0.25) is 0 Å². The van der Waals surface area contributed by atoms with Gasteiger partial charge in [-0.15, -0.1) is 0 Å². The molecule has 0 saturated carbocycles. The van der Waals surface area contributed by atoms with Crippen molar-refractivity contribution >= 4 is 27.1 Å². The maximum Gasteiger partial charge on any atom is 0.407 e. The van der Waals surface area contributed by atoms with Crippen molar-refractivity contribution in [2.24, 2.45) is 0 Å². The van der Waals surface area contributed by atoms with Gasteiger partial charge < -0.3 is 14.5 Å². The molecule has 29 heavy (non-hydrogen) atoms. The number of sulfonamides is 1. The molecule has 0 radical (unpaired) electrons. The summed E-state index contributed by atoms with van der Waals surface area (Å²) in [6.45, 7) is 5.87. The second-order valence-electron chi connectivity index (χ2n) is 8.10. The van der Waals surface area contributed by atoms with Crippen LogP contribution in [0, 0.1) is 0 Å². The first-order valence-electron chi connectivity index (χ1n) is 9.59. The summed E-state index contributed by atoms with van der Waals surface area (Å²) in [6.07, 6.45) is 1.72. The second kappa shape index (κ2) is 8.16. The van der Waals surface area contributed by atoms with E-state index >= 15 is 0 Å². The highest BCUT2D eigenvalue weighted by atomic mass is 32.2. The fourth-order valence-corrected chi connectivity index (χ4v) is 5.08. The van der Waals surface area contributed by atoms with Crippen molar-refractivity contribution in [3.05, 3.63) is 40.8 Å². The standard InChI is InChI=1S/C20H26N2O6S/c1-20(2,3)28-19(24)21-13-15-6-4-5-11-22(15)29(25,26)16-8-9-17-14(12-16)7-10-18(23)27-17/h7-10,12,15H,4-6,11,13H2,1-3H3,(H,21,24). The lowest BCUT2D eigenvalue weighted by Gasteiger charge is -2.35. The minimum absolute atomic E-state index is 0.128. The van der Waals surface area contributed by atoms with Gasteiger partial charge in [-0.2, -0.15) is 4.31 Å². The number of nitrogens with one attached hydrogen (secondary N) is 1. The molecule has 0 aliphatic carbocycles. The highest BCUT2D eigenvalue weighted by molar-refractivity contribution is 7.89. The molecule has 0 bridgehead atoms. The first-order valence-corrected chi connectivity index (χ1v) is 11.0. The Bertz CT molecular complexity index is 1050. The highest BCUT2D eigenvalue weighted by Gasteiger charge is 2.34. The molecule has 1 aromatic carbocycles. The minimum Gasteiger partial charge on any atom is -0.444 e. The average molecular weight is 423 g/mol. The maximum absolute atomic E-state index is 13.3. The van der Waals surface area contributed by atoms with Gasteiger partial charge in [0.2, 0.25) is 10.0 Å². The number of nitrogens with zero attached hydrogens (tertiary/aromatic N) is 1. The predicted molar refractivity (Wildman–Crippen MR) is 108 cm³/mol. The van der Waals surface area contributed by atoms with Crippen molar-refractivity contribution < 1.29 is 22.4 Å². The van der Waals surface area contributed by atoms with E-state index in [1.165, 1.54) is 34.6 Å². The van der Waals surface area contributed by atoms with E-state index in [0.29, 0.717) is 23.9 Å². The zero-order valence-electron chi connectivity index (χ0n) is 16.8. The van der Waals surface area contributed by atoms with Crippen LogP contribution in [0.1, 0.15) is 40.0 Å². The Morgan fingerprint density at radius 2 is 2.00 bits per heavy atom. The minimum atomic E-state index is -3.77. The third-order valence-electron chi connectivity index (χ3n) is 4.65. The van der Waals surface area contributed by atoms with Crippen molar-refractivity contribution in [3.8, 4) is 0 Å². The molecule has 9 heteroatoms. The van der Waals surface area contributed by atoms with Crippen LogP contribution in [-0.4, -0.2) is 43.5 Å². The number of hydrogen-bond donors (Lipinski definition) is 1. The molecule has 8 nitrogen and oxygen atoms in total. The molecule has 1 aromatic heterocycles. The summed E-state index contributed by atoms with van der Waals surface area (Å²) in [7, 11) is -3.77. The Balaban J connectivity index is 1.81. The molecule has 1 atom stereocenters. The Morgan fingerprint density at radius 3 is 2.72 bits per heavy atom. The van der Waals surface area contributed by atoms with Gasteiger partial charge in [0.05, 0.1) is 4.90 Å². The monoisotopic (exact) mass is 422 g/mol. The van der Waals surface area contributed by atoms with Crippen molar-refractivity contribution in [2.45, 2.75) is 56.6 Å². The van der Waals surface area contributed by atoms with Crippen LogP contribution in [-0.2, 0) is 14.8 Å². The molecule has 1 aliphatic heterocycles. The number of rotatable bonds is 4. The summed E-state index contributed by atoms with van der Waals surface area (Å²) in [5, 5.41) is 3.21. The molecule has 2 aromatic rings. The molecule has 1 unspecified atom stereocenters. The number of ether oxygens (including phenoxy) is 1. The van der Waals surface area contributed by atoms with Crippen LogP contribution < -0.4 is 10.9 Å². The number of piperidine rings is 1. The predicted octanol–water partition coefficient (Wildman–Crippen LogP) is 2.86. The van der Waals surface area contributed by atoms with E-state index in [9.17, 15) is 18.0 Å². The number of hydrogen-bond acceptors (Lipinski definition) is 6. The van der Waals surface area contributed by atoms with Crippen LogP contribution in [0.4, 0.5) is 4.79 Å². The first kappa shape index (κ1) is 21.3. The molecule has 158 valence electrons. The van der Waals surface area contributed by atoms with E-state index in [4.69, 9.17) is 9.15 Å². The van der Waals surface area contributed by atoms with Crippen LogP contribution in [0.15, 0.2) is 44.4 Å². The molecule has 1 fully saturated rings. The van der Waals surface area contributed by atoms with Crippen molar-refractivity contribution in [3.63, 3.8) is 0 Å². The summed E-state index contributed by atoms with van der Waals surface area (Å²) in [4.78, 5) is 23.4. The van der Waals surface area contributed by atoms with Crippen LogP contribution in [0.2, 0.25) is 0 Å². The highest BCUT2D eigenvalue weighted by Crippen LogP contribution is 2.27. The molecular weight excluding hydrogens is 396 g/mol. The first-order chi connectivity index (χ1) is 13.6. The van der Waals surface area contributed by atoms with Crippen molar-refractivity contribution in [2.75, 3.05) is 13.1 Å². The van der Waals surface area contributed by atoms with Crippen molar-refractivity contribution in [1.82, 2.24) is 9.62 Å². The number of fused-ring (bicyclic) bond motifs is 1. The van der Waals surface area contributed by atoms with E-state index in [0.717, 1.165) is 12.8 Å². The van der Waals surface area contributed by atoms with Gasteiger partial charge in [0.1, 0.15) is 11.2 Å². The van der Waals surface area contributed by atoms with Gasteiger partial charge in [0, 0.05) is 30.6 Å². The lowest BCUT2D eigenvalue weighted by Crippen LogP contribution is -2.49. The Hall–Kier alpha value is -2.39. The number of alkyl carbamates (subject to hydrolysis) is 1. The van der Waals surface area contributed by atoms with E-state index in [1.807, 2.05) is 0 Å². The fourth-order valence-electron chi connectivity index (χ4n) is 3.36. The van der Waals surface area contributed by atoms with Gasteiger partial charge in [0.15, 0.2) is 0 Å². The third kappa shape index (κ3) is 5.16. The SMILES string of the molecule is CC(C)(C)OC(=O)NCC1CCCCN1S(=O)(=O)c1ccc2oc(=O)ccc2c1. The van der Waals surface area contributed by atoms with E-state index < -0.39 is 27.3 Å². The van der Waals surface area contributed by atoms with Crippen LogP contribution >= 0.6 is 0 Å². The molecule has 2 heterocycles.